The lowest BCUT2D eigenvalue weighted by Crippen LogP contribution is -2.33. The van der Waals surface area contributed by atoms with Gasteiger partial charge in [-0.15, -0.1) is 11.3 Å². The summed E-state index contributed by atoms with van der Waals surface area (Å²) in [4.78, 5) is 19.3. The topological polar surface area (TPSA) is 79.4 Å². The fourth-order valence-corrected chi connectivity index (χ4v) is 6.06. The molecule has 2 aromatic carbocycles. The predicted molar refractivity (Wildman–Crippen MR) is 124 cm³/mol. The number of hydrogen-bond donors (Lipinski definition) is 1. The van der Waals surface area contributed by atoms with Crippen molar-refractivity contribution in [2.24, 2.45) is 0 Å². The van der Waals surface area contributed by atoms with Gasteiger partial charge in [-0.05, 0) is 56.0 Å². The zero-order chi connectivity index (χ0) is 22.2. The molecule has 0 saturated heterocycles. The number of carbonyl (C=O) groups is 1. The second-order valence-electron chi connectivity index (χ2n) is 7.73. The summed E-state index contributed by atoms with van der Waals surface area (Å²) in [6.45, 7) is 6.33. The lowest BCUT2D eigenvalue weighted by Gasteiger charge is -2.28. The molecular formula is C23H25N3O3S2. The highest BCUT2D eigenvalue weighted by atomic mass is 32.2. The standard InChI is InChI=1S/C23H25N3O3S2/c1-15-7-4-5-9-20(15)23-25-16(2)22(30-23)14-24-31(28,29)19-10-11-21-18(13-19)8-6-12-26(21)17(3)27/h4-5,7,9-11,13,24H,6,8,12,14H2,1-3H3. The van der Waals surface area contributed by atoms with Crippen molar-refractivity contribution >= 4 is 33.0 Å². The first-order valence-electron chi connectivity index (χ1n) is 10.2. The average molecular weight is 456 g/mol. The summed E-state index contributed by atoms with van der Waals surface area (Å²) in [5.74, 6) is -0.0280. The summed E-state index contributed by atoms with van der Waals surface area (Å²) in [6, 6.07) is 13.0. The maximum Gasteiger partial charge on any atom is 0.240 e. The molecule has 4 rings (SSSR count). The molecule has 0 spiro atoms. The fraction of sp³-hybridized carbons (Fsp3) is 0.304. The van der Waals surface area contributed by atoms with Crippen molar-refractivity contribution in [3.05, 3.63) is 64.2 Å². The molecule has 0 radical (unpaired) electrons. The van der Waals surface area contributed by atoms with Crippen molar-refractivity contribution in [1.82, 2.24) is 9.71 Å². The SMILES string of the molecule is CC(=O)N1CCCc2cc(S(=O)(=O)NCc3sc(-c4ccccc4C)nc3C)ccc21. The summed E-state index contributed by atoms with van der Waals surface area (Å²) < 4.78 is 28.6. The van der Waals surface area contributed by atoms with Gasteiger partial charge in [0.1, 0.15) is 5.01 Å². The van der Waals surface area contributed by atoms with E-state index in [1.54, 1.807) is 23.1 Å². The smallest absolute Gasteiger partial charge is 0.240 e. The Labute approximate surface area is 187 Å². The van der Waals surface area contributed by atoms with Crippen LogP contribution in [0.3, 0.4) is 0 Å². The van der Waals surface area contributed by atoms with Gasteiger partial charge in [0, 0.05) is 36.1 Å². The van der Waals surface area contributed by atoms with E-state index in [9.17, 15) is 13.2 Å². The van der Waals surface area contributed by atoms with E-state index in [-0.39, 0.29) is 17.3 Å². The van der Waals surface area contributed by atoms with Crippen LogP contribution in [0.25, 0.3) is 10.6 Å². The Balaban J connectivity index is 1.54. The van der Waals surface area contributed by atoms with Gasteiger partial charge < -0.3 is 4.90 Å². The number of sulfonamides is 1. The number of amides is 1. The average Bonchev–Trinajstić information content (AvgIpc) is 3.12. The Morgan fingerprint density at radius 2 is 1.97 bits per heavy atom. The molecule has 0 unspecified atom stereocenters. The van der Waals surface area contributed by atoms with Crippen LogP contribution in [0.5, 0.6) is 0 Å². The van der Waals surface area contributed by atoms with Gasteiger partial charge in [-0.25, -0.2) is 18.1 Å². The number of nitrogens with one attached hydrogen (secondary N) is 1. The quantitative estimate of drug-likeness (QED) is 0.625. The lowest BCUT2D eigenvalue weighted by molar-refractivity contribution is -0.116. The number of fused-ring (bicyclic) bond motifs is 1. The Hall–Kier alpha value is -2.55. The maximum absolute atomic E-state index is 12.9. The molecule has 1 aliphatic heterocycles. The number of benzene rings is 2. The number of anilines is 1. The molecule has 1 aromatic heterocycles. The number of rotatable bonds is 5. The molecule has 162 valence electrons. The third-order valence-corrected chi connectivity index (χ3v) is 8.14. The van der Waals surface area contributed by atoms with E-state index in [0.717, 1.165) is 50.8 Å². The Morgan fingerprint density at radius 1 is 1.19 bits per heavy atom. The van der Waals surface area contributed by atoms with Crippen LogP contribution in [0.2, 0.25) is 0 Å². The van der Waals surface area contributed by atoms with Crippen molar-refractivity contribution in [3.63, 3.8) is 0 Å². The van der Waals surface area contributed by atoms with E-state index in [1.165, 1.54) is 18.3 Å². The first-order valence-corrected chi connectivity index (χ1v) is 12.5. The molecule has 2 heterocycles. The van der Waals surface area contributed by atoms with Crippen molar-refractivity contribution in [1.29, 1.82) is 0 Å². The molecule has 31 heavy (non-hydrogen) atoms. The third kappa shape index (κ3) is 4.42. The number of hydrogen-bond acceptors (Lipinski definition) is 5. The van der Waals surface area contributed by atoms with E-state index in [0.29, 0.717) is 6.54 Å². The van der Waals surface area contributed by atoms with Crippen molar-refractivity contribution in [2.75, 3.05) is 11.4 Å². The van der Waals surface area contributed by atoms with Crippen LogP contribution in [0.4, 0.5) is 5.69 Å². The van der Waals surface area contributed by atoms with Gasteiger partial charge in [0.05, 0.1) is 10.6 Å². The molecule has 0 aliphatic carbocycles. The maximum atomic E-state index is 12.9. The summed E-state index contributed by atoms with van der Waals surface area (Å²) in [7, 11) is -3.68. The van der Waals surface area contributed by atoms with E-state index >= 15 is 0 Å². The van der Waals surface area contributed by atoms with Crippen LogP contribution in [0.15, 0.2) is 47.4 Å². The number of nitrogens with zero attached hydrogens (tertiary/aromatic N) is 2. The highest BCUT2D eigenvalue weighted by Crippen LogP contribution is 2.31. The molecule has 0 saturated carbocycles. The molecule has 8 heteroatoms. The Kier molecular flexibility index (Phi) is 5.96. The van der Waals surface area contributed by atoms with E-state index in [1.807, 2.05) is 38.1 Å². The third-order valence-electron chi connectivity index (χ3n) is 5.55. The summed E-state index contributed by atoms with van der Waals surface area (Å²) in [6.07, 6.45) is 1.58. The van der Waals surface area contributed by atoms with E-state index in [4.69, 9.17) is 0 Å². The number of aryl methyl sites for hydroxylation is 3. The van der Waals surface area contributed by atoms with Crippen LogP contribution < -0.4 is 9.62 Å². The van der Waals surface area contributed by atoms with Gasteiger partial charge in [0.2, 0.25) is 15.9 Å². The zero-order valence-corrected chi connectivity index (χ0v) is 19.4. The molecule has 0 fully saturated rings. The highest BCUT2D eigenvalue weighted by Gasteiger charge is 2.23. The molecule has 0 atom stereocenters. The van der Waals surface area contributed by atoms with E-state index < -0.39 is 10.0 Å². The summed E-state index contributed by atoms with van der Waals surface area (Å²) in [5.41, 5.74) is 4.72. The molecule has 0 bridgehead atoms. The van der Waals surface area contributed by atoms with Crippen LogP contribution in [-0.2, 0) is 27.8 Å². The fourth-order valence-electron chi connectivity index (χ4n) is 3.83. The van der Waals surface area contributed by atoms with Crippen molar-refractivity contribution in [3.8, 4) is 10.6 Å². The predicted octanol–water partition coefficient (Wildman–Crippen LogP) is 4.20. The van der Waals surface area contributed by atoms with Gasteiger partial charge in [-0.3, -0.25) is 4.79 Å². The Morgan fingerprint density at radius 3 is 2.71 bits per heavy atom. The number of aromatic nitrogens is 1. The minimum Gasteiger partial charge on any atom is -0.312 e. The summed E-state index contributed by atoms with van der Waals surface area (Å²) >= 11 is 1.51. The van der Waals surface area contributed by atoms with Crippen LogP contribution in [0, 0.1) is 13.8 Å². The normalized spacial score (nSPS) is 13.8. The van der Waals surface area contributed by atoms with Crippen LogP contribution in [0.1, 0.15) is 35.0 Å². The highest BCUT2D eigenvalue weighted by molar-refractivity contribution is 7.89. The minimum absolute atomic E-state index is 0.0280. The first-order chi connectivity index (χ1) is 14.8. The van der Waals surface area contributed by atoms with Gasteiger partial charge in [0.15, 0.2) is 0 Å². The van der Waals surface area contributed by atoms with Crippen LogP contribution >= 0.6 is 11.3 Å². The largest absolute Gasteiger partial charge is 0.312 e. The monoisotopic (exact) mass is 455 g/mol. The first kappa shape index (κ1) is 21.7. The molecule has 1 aliphatic rings. The molecule has 6 nitrogen and oxygen atoms in total. The zero-order valence-electron chi connectivity index (χ0n) is 17.8. The molecular weight excluding hydrogens is 430 g/mol. The minimum atomic E-state index is -3.68. The second kappa shape index (κ2) is 8.53. The van der Waals surface area contributed by atoms with Gasteiger partial charge in [0.25, 0.3) is 0 Å². The Bertz CT molecular complexity index is 1250. The van der Waals surface area contributed by atoms with E-state index in [2.05, 4.69) is 9.71 Å². The lowest BCUT2D eigenvalue weighted by atomic mass is 10.0. The molecule has 1 amide bonds. The van der Waals surface area contributed by atoms with Gasteiger partial charge in [-0.2, -0.15) is 0 Å². The number of carbonyl (C=O) groups excluding carboxylic acids is 1. The van der Waals surface area contributed by atoms with Gasteiger partial charge in [-0.1, -0.05) is 24.3 Å². The van der Waals surface area contributed by atoms with Crippen molar-refractivity contribution < 1.29 is 13.2 Å². The second-order valence-corrected chi connectivity index (χ2v) is 10.6. The van der Waals surface area contributed by atoms with Crippen molar-refractivity contribution in [2.45, 2.75) is 45.1 Å². The molecule has 3 aromatic rings. The summed E-state index contributed by atoms with van der Waals surface area (Å²) in [5, 5.41) is 0.892. The number of thiazole rings is 1. The van der Waals surface area contributed by atoms with Crippen LogP contribution in [-0.4, -0.2) is 25.9 Å². The van der Waals surface area contributed by atoms with Gasteiger partial charge >= 0.3 is 0 Å². The molecule has 1 N–H and O–H groups in total.